The fourth-order valence-corrected chi connectivity index (χ4v) is 1.90. The standard InChI is InChI=1S/C14H15N3O2/c1-6-18-12-3-2-11(8-13(12)19-7-1)9-17-14-10-15-4-5-16-14/h2-5,8,10H,1,6-7,9H2,(H,16,17). The number of benzene rings is 1. The first-order valence-electron chi connectivity index (χ1n) is 6.30. The summed E-state index contributed by atoms with van der Waals surface area (Å²) in [6.07, 6.45) is 5.93. The van der Waals surface area contributed by atoms with Gasteiger partial charge >= 0.3 is 0 Å². The van der Waals surface area contributed by atoms with E-state index >= 15 is 0 Å². The molecule has 5 heteroatoms. The average molecular weight is 257 g/mol. The lowest BCUT2D eigenvalue weighted by Gasteiger charge is -2.10. The Morgan fingerprint density at radius 2 is 2.00 bits per heavy atom. The van der Waals surface area contributed by atoms with E-state index in [1.54, 1.807) is 18.6 Å². The van der Waals surface area contributed by atoms with Crippen molar-refractivity contribution >= 4 is 5.82 Å². The van der Waals surface area contributed by atoms with Crippen LogP contribution in [0.5, 0.6) is 11.5 Å². The van der Waals surface area contributed by atoms with E-state index in [0.717, 1.165) is 29.3 Å². The van der Waals surface area contributed by atoms with Gasteiger partial charge in [-0.1, -0.05) is 6.07 Å². The van der Waals surface area contributed by atoms with Crippen LogP contribution in [0.15, 0.2) is 36.8 Å². The number of ether oxygens (including phenoxy) is 2. The number of anilines is 1. The molecule has 1 aromatic heterocycles. The number of aromatic nitrogens is 2. The maximum absolute atomic E-state index is 5.66. The SMILES string of the molecule is c1cnc(NCc2ccc3c(c2)OCCCO3)cn1. The van der Waals surface area contributed by atoms with Crippen LogP contribution in [0.2, 0.25) is 0 Å². The molecule has 1 aliphatic heterocycles. The number of fused-ring (bicyclic) bond motifs is 1. The summed E-state index contributed by atoms with van der Waals surface area (Å²) in [5.74, 6) is 2.39. The minimum absolute atomic E-state index is 0.676. The second-order valence-corrected chi connectivity index (χ2v) is 4.28. The monoisotopic (exact) mass is 257 g/mol. The molecule has 0 radical (unpaired) electrons. The second kappa shape index (κ2) is 5.56. The molecule has 0 bridgehead atoms. The Kier molecular flexibility index (Phi) is 3.45. The molecule has 0 amide bonds. The Balaban J connectivity index is 1.70. The van der Waals surface area contributed by atoms with Crippen LogP contribution >= 0.6 is 0 Å². The van der Waals surface area contributed by atoms with E-state index in [1.807, 2.05) is 18.2 Å². The molecule has 0 fully saturated rings. The Hall–Kier alpha value is -2.30. The fourth-order valence-electron chi connectivity index (χ4n) is 1.90. The van der Waals surface area contributed by atoms with E-state index in [-0.39, 0.29) is 0 Å². The minimum Gasteiger partial charge on any atom is -0.490 e. The van der Waals surface area contributed by atoms with Crippen LogP contribution < -0.4 is 14.8 Å². The Morgan fingerprint density at radius 1 is 1.11 bits per heavy atom. The molecular weight excluding hydrogens is 242 g/mol. The van der Waals surface area contributed by atoms with Gasteiger partial charge in [-0.3, -0.25) is 4.98 Å². The summed E-state index contributed by atoms with van der Waals surface area (Å²) in [5, 5.41) is 3.21. The molecule has 1 aromatic carbocycles. The van der Waals surface area contributed by atoms with Crippen molar-refractivity contribution in [3.05, 3.63) is 42.4 Å². The third kappa shape index (κ3) is 2.93. The number of hydrogen-bond acceptors (Lipinski definition) is 5. The summed E-state index contributed by atoms with van der Waals surface area (Å²) in [7, 11) is 0. The Bertz CT molecular complexity index is 546. The number of nitrogens with one attached hydrogen (secondary N) is 1. The molecule has 3 rings (SSSR count). The minimum atomic E-state index is 0.676. The molecule has 0 unspecified atom stereocenters. The van der Waals surface area contributed by atoms with Gasteiger partial charge in [0.15, 0.2) is 11.5 Å². The zero-order valence-electron chi connectivity index (χ0n) is 10.5. The van der Waals surface area contributed by atoms with Crippen molar-refractivity contribution < 1.29 is 9.47 Å². The van der Waals surface area contributed by atoms with Crippen LogP contribution in [-0.2, 0) is 6.54 Å². The summed E-state index contributed by atoms with van der Waals surface area (Å²) in [5.41, 5.74) is 1.12. The van der Waals surface area contributed by atoms with Crippen molar-refractivity contribution in [1.82, 2.24) is 9.97 Å². The second-order valence-electron chi connectivity index (χ2n) is 4.28. The zero-order valence-corrected chi connectivity index (χ0v) is 10.5. The molecule has 0 saturated heterocycles. The molecule has 0 aliphatic carbocycles. The summed E-state index contributed by atoms with van der Waals surface area (Å²) >= 11 is 0. The largest absolute Gasteiger partial charge is 0.490 e. The van der Waals surface area contributed by atoms with Crippen LogP contribution in [0.4, 0.5) is 5.82 Å². The average Bonchev–Trinajstić information content (AvgIpc) is 2.71. The third-order valence-electron chi connectivity index (χ3n) is 2.85. The lowest BCUT2D eigenvalue weighted by Crippen LogP contribution is -2.02. The molecule has 2 heterocycles. The molecule has 98 valence electrons. The highest BCUT2D eigenvalue weighted by Crippen LogP contribution is 2.30. The van der Waals surface area contributed by atoms with E-state index in [0.29, 0.717) is 19.8 Å². The maximum Gasteiger partial charge on any atom is 0.161 e. The topological polar surface area (TPSA) is 56.3 Å². The first-order valence-corrected chi connectivity index (χ1v) is 6.30. The van der Waals surface area contributed by atoms with Crippen LogP contribution in [0.3, 0.4) is 0 Å². The first-order chi connectivity index (χ1) is 9.42. The van der Waals surface area contributed by atoms with Gasteiger partial charge in [0, 0.05) is 25.4 Å². The molecule has 19 heavy (non-hydrogen) atoms. The molecule has 0 spiro atoms. The van der Waals surface area contributed by atoms with E-state index in [1.165, 1.54) is 0 Å². The van der Waals surface area contributed by atoms with Crippen molar-refractivity contribution in [1.29, 1.82) is 0 Å². The molecule has 0 saturated carbocycles. The number of rotatable bonds is 3. The Labute approximate surface area is 111 Å². The summed E-state index contributed by atoms with van der Waals surface area (Å²) in [4.78, 5) is 8.18. The molecular formula is C14H15N3O2. The van der Waals surface area contributed by atoms with Crippen molar-refractivity contribution in [2.24, 2.45) is 0 Å². The van der Waals surface area contributed by atoms with Crippen molar-refractivity contribution in [2.75, 3.05) is 18.5 Å². The predicted octanol–water partition coefficient (Wildman–Crippen LogP) is 2.25. The van der Waals surface area contributed by atoms with E-state index in [2.05, 4.69) is 15.3 Å². The number of hydrogen-bond donors (Lipinski definition) is 1. The van der Waals surface area contributed by atoms with Gasteiger partial charge in [0.05, 0.1) is 19.4 Å². The van der Waals surface area contributed by atoms with Gasteiger partial charge in [-0.2, -0.15) is 0 Å². The van der Waals surface area contributed by atoms with Crippen molar-refractivity contribution in [3.63, 3.8) is 0 Å². The lowest BCUT2D eigenvalue weighted by atomic mass is 10.2. The van der Waals surface area contributed by atoms with Crippen molar-refractivity contribution in [2.45, 2.75) is 13.0 Å². The summed E-state index contributed by atoms with van der Waals surface area (Å²) in [6, 6.07) is 5.98. The molecule has 0 atom stereocenters. The maximum atomic E-state index is 5.66. The zero-order chi connectivity index (χ0) is 12.9. The smallest absolute Gasteiger partial charge is 0.161 e. The van der Waals surface area contributed by atoms with Gasteiger partial charge in [-0.25, -0.2) is 4.98 Å². The molecule has 1 N–H and O–H groups in total. The summed E-state index contributed by atoms with van der Waals surface area (Å²) in [6.45, 7) is 2.09. The first kappa shape index (κ1) is 11.8. The molecule has 2 aromatic rings. The van der Waals surface area contributed by atoms with Crippen molar-refractivity contribution in [3.8, 4) is 11.5 Å². The van der Waals surface area contributed by atoms with Crippen LogP contribution in [-0.4, -0.2) is 23.2 Å². The van der Waals surface area contributed by atoms with Gasteiger partial charge in [0.25, 0.3) is 0 Å². The third-order valence-corrected chi connectivity index (χ3v) is 2.85. The highest BCUT2D eigenvalue weighted by Gasteiger charge is 2.10. The van der Waals surface area contributed by atoms with E-state index in [9.17, 15) is 0 Å². The van der Waals surface area contributed by atoms with Gasteiger partial charge in [-0.15, -0.1) is 0 Å². The normalized spacial score (nSPS) is 13.7. The van der Waals surface area contributed by atoms with Gasteiger partial charge < -0.3 is 14.8 Å². The highest BCUT2D eigenvalue weighted by atomic mass is 16.5. The van der Waals surface area contributed by atoms with E-state index in [4.69, 9.17) is 9.47 Å². The van der Waals surface area contributed by atoms with Crippen LogP contribution in [0, 0.1) is 0 Å². The van der Waals surface area contributed by atoms with Gasteiger partial charge in [-0.05, 0) is 17.7 Å². The van der Waals surface area contributed by atoms with Crippen LogP contribution in [0.1, 0.15) is 12.0 Å². The fraction of sp³-hybridized carbons (Fsp3) is 0.286. The quantitative estimate of drug-likeness (QED) is 0.914. The van der Waals surface area contributed by atoms with E-state index < -0.39 is 0 Å². The number of nitrogens with zero attached hydrogens (tertiary/aromatic N) is 2. The predicted molar refractivity (Wildman–Crippen MR) is 71.4 cm³/mol. The molecule has 1 aliphatic rings. The van der Waals surface area contributed by atoms with Gasteiger partial charge in [0.2, 0.25) is 0 Å². The molecule has 5 nitrogen and oxygen atoms in total. The highest BCUT2D eigenvalue weighted by molar-refractivity contribution is 5.44. The summed E-state index contributed by atoms with van der Waals surface area (Å²) < 4.78 is 11.3. The lowest BCUT2D eigenvalue weighted by molar-refractivity contribution is 0.297. The Morgan fingerprint density at radius 3 is 2.84 bits per heavy atom. The van der Waals surface area contributed by atoms with Crippen LogP contribution in [0.25, 0.3) is 0 Å². The van der Waals surface area contributed by atoms with Gasteiger partial charge in [0.1, 0.15) is 5.82 Å².